The topological polar surface area (TPSA) is 72.8 Å². The van der Waals surface area contributed by atoms with Crippen LogP contribution in [0.1, 0.15) is 22.8 Å². The van der Waals surface area contributed by atoms with Crippen LogP contribution in [-0.4, -0.2) is 18.9 Å². The third kappa shape index (κ3) is 2.73. The highest BCUT2D eigenvalue weighted by molar-refractivity contribution is 5.90. The average Bonchev–Trinajstić information content (AvgIpc) is 2.30. The standard InChI is InChI=1S/C11H11NO4/c1-2-16-11(14)9-4-3-8(5-6-13)10(7-9)12-15/h3-4,6-7H,2,5H2,1H3. The molecule has 1 rings (SSSR count). The Morgan fingerprint density at radius 2 is 2.25 bits per heavy atom. The van der Waals surface area contributed by atoms with E-state index in [9.17, 15) is 14.5 Å². The van der Waals surface area contributed by atoms with E-state index in [1.807, 2.05) is 0 Å². The Hall–Kier alpha value is -2.04. The summed E-state index contributed by atoms with van der Waals surface area (Å²) < 4.78 is 4.78. The number of hydrogen-bond acceptors (Lipinski definition) is 5. The second-order valence-corrected chi connectivity index (χ2v) is 3.03. The zero-order valence-electron chi connectivity index (χ0n) is 8.80. The SMILES string of the molecule is CCOC(=O)c1ccc(CC=O)c(N=O)c1. The molecule has 0 heterocycles. The van der Waals surface area contributed by atoms with Crippen molar-refractivity contribution in [2.75, 3.05) is 6.61 Å². The summed E-state index contributed by atoms with van der Waals surface area (Å²) in [5.41, 5.74) is 0.849. The molecule has 0 aromatic heterocycles. The summed E-state index contributed by atoms with van der Waals surface area (Å²) in [5.74, 6) is -0.509. The second-order valence-electron chi connectivity index (χ2n) is 3.03. The van der Waals surface area contributed by atoms with E-state index in [0.717, 1.165) is 0 Å². The zero-order valence-corrected chi connectivity index (χ0v) is 8.80. The van der Waals surface area contributed by atoms with Gasteiger partial charge in [0.15, 0.2) is 0 Å². The lowest BCUT2D eigenvalue weighted by Crippen LogP contribution is -2.04. The van der Waals surface area contributed by atoms with Gasteiger partial charge in [0, 0.05) is 6.42 Å². The monoisotopic (exact) mass is 221 g/mol. The Labute approximate surface area is 92.4 Å². The smallest absolute Gasteiger partial charge is 0.338 e. The molecule has 5 heteroatoms. The van der Waals surface area contributed by atoms with Gasteiger partial charge in [-0.15, -0.1) is 4.91 Å². The molecule has 0 saturated carbocycles. The highest BCUT2D eigenvalue weighted by atomic mass is 16.5. The van der Waals surface area contributed by atoms with Crippen molar-refractivity contribution in [3.63, 3.8) is 0 Å². The predicted octanol–water partition coefficient (Wildman–Crippen LogP) is 2.00. The van der Waals surface area contributed by atoms with E-state index in [1.165, 1.54) is 18.2 Å². The van der Waals surface area contributed by atoms with Gasteiger partial charge in [-0.2, -0.15) is 0 Å². The molecule has 0 saturated heterocycles. The van der Waals surface area contributed by atoms with Crippen molar-refractivity contribution >= 4 is 17.9 Å². The Balaban J connectivity index is 3.03. The van der Waals surface area contributed by atoms with Gasteiger partial charge >= 0.3 is 5.97 Å². The van der Waals surface area contributed by atoms with Gasteiger partial charge in [0.2, 0.25) is 0 Å². The lowest BCUT2D eigenvalue weighted by atomic mass is 10.1. The van der Waals surface area contributed by atoms with Crippen LogP contribution in [0.3, 0.4) is 0 Å². The van der Waals surface area contributed by atoms with E-state index >= 15 is 0 Å². The van der Waals surface area contributed by atoms with Crippen molar-refractivity contribution in [3.8, 4) is 0 Å². The Morgan fingerprint density at radius 1 is 1.50 bits per heavy atom. The van der Waals surface area contributed by atoms with Gasteiger partial charge in [-0.3, -0.25) is 0 Å². The molecule has 1 aromatic carbocycles. The fraction of sp³-hybridized carbons (Fsp3) is 0.273. The maximum atomic E-state index is 11.3. The van der Waals surface area contributed by atoms with Crippen LogP contribution in [0.25, 0.3) is 0 Å². The molecular formula is C11H11NO4. The zero-order chi connectivity index (χ0) is 12.0. The minimum atomic E-state index is -0.509. The molecule has 0 radical (unpaired) electrons. The van der Waals surface area contributed by atoms with Crippen molar-refractivity contribution in [3.05, 3.63) is 34.2 Å². The average molecular weight is 221 g/mol. The molecular weight excluding hydrogens is 210 g/mol. The number of hydrogen-bond donors (Lipinski definition) is 0. The Morgan fingerprint density at radius 3 is 2.81 bits per heavy atom. The summed E-state index contributed by atoms with van der Waals surface area (Å²) in [6.07, 6.45) is 0.776. The van der Waals surface area contributed by atoms with Crippen molar-refractivity contribution in [1.82, 2.24) is 0 Å². The molecule has 0 aliphatic heterocycles. The summed E-state index contributed by atoms with van der Waals surface area (Å²) in [6, 6.07) is 4.35. The lowest BCUT2D eigenvalue weighted by molar-refractivity contribution is -0.107. The normalized spacial score (nSPS) is 9.56. The molecule has 0 aliphatic carbocycles. The third-order valence-electron chi connectivity index (χ3n) is 2.00. The molecule has 5 nitrogen and oxygen atoms in total. The predicted molar refractivity (Wildman–Crippen MR) is 57.6 cm³/mol. The van der Waals surface area contributed by atoms with Crippen molar-refractivity contribution in [2.24, 2.45) is 5.18 Å². The highest BCUT2D eigenvalue weighted by Crippen LogP contribution is 2.21. The van der Waals surface area contributed by atoms with Crippen LogP contribution in [0.5, 0.6) is 0 Å². The lowest BCUT2D eigenvalue weighted by Gasteiger charge is -2.04. The largest absolute Gasteiger partial charge is 0.462 e. The molecule has 0 atom stereocenters. The molecule has 1 aromatic rings. The molecule has 84 valence electrons. The highest BCUT2D eigenvalue weighted by Gasteiger charge is 2.10. The van der Waals surface area contributed by atoms with Crippen LogP contribution in [-0.2, 0) is 16.0 Å². The van der Waals surface area contributed by atoms with Crippen LogP contribution < -0.4 is 0 Å². The van der Waals surface area contributed by atoms with Gasteiger partial charge < -0.3 is 9.53 Å². The van der Waals surface area contributed by atoms with E-state index in [-0.39, 0.29) is 24.3 Å². The number of aldehydes is 1. The number of nitrogens with zero attached hydrogens (tertiary/aromatic N) is 1. The van der Waals surface area contributed by atoms with E-state index in [1.54, 1.807) is 6.92 Å². The number of ether oxygens (including phenoxy) is 1. The first-order chi connectivity index (χ1) is 7.72. The van der Waals surface area contributed by atoms with Gasteiger partial charge in [-0.25, -0.2) is 4.79 Å². The third-order valence-corrected chi connectivity index (χ3v) is 2.00. The van der Waals surface area contributed by atoms with Gasteiger partial charge in [0.1, 0.15) is 12.0 Å². The van der Waals surface area contributed by atoms with Crippen molar-refractivity contribution in [1.29, 1.82) is 0 Å². The molecule has 0 bridgehead atoms. The maximum absolute atomic E-state index is 11.3. The summed E-state index contributed by atoms with van der Waals surface area (Å²) in [7, 11) is 0. The van der Waals surface area contributed by atoms with Gasteiger partial charge in [0.05, 0.1) is 12.2 Å². The number of benzene rings is 1. The molecule has 0 spiro atoms. The summed E-state index contributed by atoms with van der Waals surface area (Å²) >= 11 is 0. The Bertz CT molecular complexity index is 414. The van der Waals surface area contributed by atoms with Crippen LogP contribution >= 0.6 is 0 Å². The fourth-order valence-electron chi connectivity index (χ4n) is 1.25. The number of nitroso groups, excluding NO2 is 1. The first-order valence-electron chi connectivity index (χ1n) is 4.80. The summed E-state index contributed by atoms with van der Waals surface area (Å²) in [6.45, 7) is 1.95. The number of carbonyl (C=O) groups is 2. The maximum Gasteiger partial charge on any atom is 0.338 e. The Kier molecular flexibility index (Phi) is 4.32. The number of rotatable bonds is 5. The van der Waals surface area contributed by atoms with Gasteiger partial charge in [-0.1, -0.05) is 6.07 Å². The molecule has 16 heavy (non-hydrogen) atoms. The molecule has 0 amide bonds. The minimum absolute atomic E-state index is 0.0950. The van der Waals surface area contributed by atoms with Crippen LogP contribution in [0.4, 0.5) is 5.69 Å². The summed E-state index contributed by atoms with van der Waals surface area (Å²) in [5, 5.41) is 2.78. The van der Waals surface area contributed by atoms with Crippen LogP contribution in [0.2, 0.25) is 0 Å². The molecule has 0 fully saturated rings. The van der Waals surface area contributed by atoms with E-state index in [0.29, 0.717) is 11.8 Å². The minimum Gasteiger partial charge on any atom is -0.462 e. The second kappa shape index (κ2) is 5.75. The van der Waals surface area contributed by atoms with E-state index in [4.69, 9.17) is 4.74 Å². The van der Waals surface area contributed by atoms with Crippen molar-refractivity contribution in [2.45, 2.75) is 13.3 Å². The molecule has 0 N–H and O–H groups in total. The number of esters is 1. The van der Waals surface area contributed by atoms with Crippen LogP contribution in [0, 0.1) is 4.91 Å². The number of carbonyl (C=O) groups excluding carboxylic acids is 2. The van der Waals surface area contributed by atoms with Gasteiger partial charge in [0.25, 0.3) is 0 Å². The first kappa shape index (κ1) is 12.0. The van der Waals surface area contributed by atoms with E-state index in [2.05, 4.69) is 5.18 Å². The fourth-order valence-corrected chi connectivity index (χ4v) is 1.25. The molecule has 0 unspecified atom stereocenters. The van der Waals surface area contributed by atoms with Gasteiger partial charge in [-0.05, 0) is 29.8 Å². The van der Waals surface area contributed by atoms with E-state index < -0.39 is 5.97 Å². The molecule has 0 aliphatic rings. The van der Waals surface area contributed by atoms with Crippen LogP contribution in [0.15, 0.2) is 23.4 Å². The van der Waals surface area contributed by atoms with Crippen molar-refractivity contribution < 1.29 is 14.3 Å². The first-order valence-corrected chi connectivity index (χ1v) is 4.80. The summed E-state index contributed by atoms with van der Waals surface area (Å²) in [4.78, 5) is 32.2. The quantitative estimate of drug-likeness (QED) is 0.433.